The van der Waals surface area contributed by atoms with E-state index in [9.17, 15) is 19.2 Å². The molecule has 4 rings (SSSR count). The van der Waals surface area contributed by atoms with E-state index in [-0.39, 0.29) is 24.8 Å². The van der Waals surface area contributed by atoms with Gasteiger partial charge in [0.25, 0.3) is 0 Å². The Morgan fingerprint density at radius 3 is 1.74 bits per heavy atom. The molecule has 0 heterocycles. The number of nitrogens with one attached hydrogen (secondary N) is 2. The highest BCUT2D eigenvalue weighted by molar-refractivity contribution is 5.94. The summed E-state index contributed by atoms with van der Waals surface area (Å²) in [6, 6.07) is 21.1. The molecule has 5 unspecified atom stereocenters. The highest BCUT2D eigenvalue weighted by Gasteiger charge is 2.49. The molecule has 3 aromatic rings. The maximum absolute atomic E-state index is 14.9. The maximum atomic E-state index is 14.9. The van der Waals surface area contributed by atoms with E-state index in [0.717, 1.165) is 22.3 Å². The Labute approximate surface area is 297 Å². The van der Waals surface area contributed by atoms with Gasteiger partial charge in [-0.1, -0.05) is 85.8 Å². The number of nitrogens with zero attached hydrogens (tertiary/aromatic N) is 1. The van der Waals surface area contributed by atoms with Crippen molar-refractivity contribution < 1.29 is 28.7 Å². The molecule has 268 valence electrons. The van der Waals surface area contributed by atoms with E-state index in [1.54, 1.807) is 46.4 Å². The van der Waals surface area contributed by atoms with Gasteiger partial charge in [0.1, 0.15) is 29.3 Å². The number of amides is 3. The Morgan fingerprint density at radius 2 is 1.26 bits per heavy atom. The van der Waals surface area contributed by atoms with Gasteiger partial charge in [0, 0.05) is 18.9 Å². The van der Waals surface area contributed by atoms with Crippen molar-refractivity contribution in [2.45, 2.75) is 117 Å². The lowest BCUT2D eigenvalue weighted by Crippen LogP contribution is -2.56. The van der Waals surface area contributed by atoms with Crippen LogP contribution in [0.3, 0.4) is 0 Å². The summed E-state index contributed by atoms with van der Waals surface area (Å²) in [5.74, 6) is -1.38. The average Bonchev–Trinajstić information content (AvgIpc) is 3.74. The van der Waals surface area contributed by atoms with Crippen LogP contribution in [0.15, 0.2) is 78.9 Å². The highest BCUT2D eigenvalue weighted by Crippen LogP contribution is 2.41. The van der Waals surface area contributed by atoms with Gasteiger partial charge in [-0.25, -0.2) is 9.59 Å². The molecule has 3 amide bonds. The van der Waals surface area contributed by atoms with Crippen molar-refractivity contribution in [3.05, 3.63) is 107 Å². The Bertz CT molecular complexity index is 1640. The normalized spacial score (nSPS) is 17.5. The van der Waals surface area contributed by atoms with Crippen LogP contribution in [0, 0.1) is 19.8 Å². The standard InChI is InChI=1S/C41H53N3O6/c1-26-20-21-31(22-27(26)2)35(36(45)42-33(38(47)49-40(4,5)6)25-30-18-14-11-15-19-30)44(34-23-28(34)3)37(46)32(24-29-16-12-10-13-17-29)43-39(48)50-41(7,8)9/h10-22,28,32-35H,23-25H2,1-9H3,(H,42,45)(H,43,48). The van der Waals surface area contributed by atoms with Gasteiger partial charge in [0.2, 0.25) is 11.8 Å². The van der Waals surface area contributed by atoms with Crippen LogP contribution in [0.4, 0.5) is 4.79 Å². The third-order valence-electron chi connectivity index (χ3n) is 8.61. The molecule has 1 aliphatic rings. The molecule has 3 aromatic carbocycles. The molecule has 0 spiro atoms. The first kappa shape index (κ1) is 38.1. The molecule has 0 bridgehead atoms. The van der Waals surface area contributed by atoms with Crippen LogP contribution < -0.4 is 10.6 Å². The fourth-order valence-corrected chi connectivity index (χ4v) is 5.89. The number of rotatable bonds is 12. The first-order valence-electron chi connectivity index (χ1n) is 17.4. The van der Waals surface area contributed by atoms with Crippen LogP contribution in [0.1, 0.15) is 88.7 Å². The zero-order chi connectivity index (χ0) is 36.8. The number of esters is 1. The fourth-order valence-electron chi connectivity index (χ4n) is 5.89. The molecule has 9 nitrogen and oxygen atoms in total. The second-order valence-electron chi connectivity index (χ2n) is 15.4. The van der Waals surface area contributed by atoms with Crippen molar-refractivity contribution in [2.24, 2.45) is 5.92 Å². The second kappa shape index (κ2) is 15.9. The average molecular weight is 684 g/mol. The van der Waals surface area contributed by atoms with Crippen molar-refractivity contribution in [3.63, 3.8) is 0 Å². The number of aryl methyl sites for hydroxylation is 2. The molecular weight excluding hydrogens is 630 g/mol. The minimum absolute atomic E-state index is 0.116. The highest BCUT2D eigenvalue weighted by atomic mass is 16.6. The molecular formula is C41H53N3O6. The monoisotopic (exact) mass is 683 g/mol. The first-order chi connectivity index (χ1) is 23.4. The molecule has 0 radical (unpaired) electrons. The number of carbonyl (C=O) groups excluding carboxylic acids is 4. The maximum Gasteiger partial charge on any atom is 0.408 e. The Kier molecular flexibility index (Phi) is 12.1. The lowest BCUT2D eigenvalue weighted by atomic mass is 9.96. The molecule has 0 saturated heterocycles. The summed E-state index contributed by atoms with van der Waals surface area (Å²) in [4.78, 5) is 58.1. The summed E-state index contributed by atoms with van der Waals surface area (Å²) in [6.45, 7) is 16.6. The lowest BCUT2D eigenvalue weighted by Gasteiger charge is -2.36. The number of hydrogen-bond donors (Lipinski definition) is 2. The van der Waals surface area contributed by atoms with Crippen molar-refractivity contribution in [1.82, 2.24) is 15.5 Å². The van der Waals surface area contributed by atoms with Gasteiger partial charge in [-0.2, -0.15) is 0 Å². The third-order valence-corrected chi connectivity index (χ3v) is 8.61. The van der Waals surface area contributed by atoms with E-state index in [2.05, 4.69) is 10.6 Å². The van der Waals surface area contributed by atoms with E-state index in [1.807, 2.05) is 99.6 Å². The zero-order valence-electron chi connectivity index (χ0n) is 30.9. The molecule has 9 heteroatoms. The summed E-state index contributed by atoms with van der Waals surface area (Å²) in [7, 11) is 0. The van der Waals surface area contributed by atoms with Crippen LogP contribution in [0.2, 0.25) is 0 Å². The number of benzene rings is 3. The quantitative estimate of drug-likeness (QED) is 0.203. The zero-order valence-corrected chi connectivity index (χ0v) is 30.9. The summed E-state index contributed by atoms with van der Waals surface area (Å²) in [5, 5.41) is 5.82. The number of carbonyl (C=O) groups is 4. The minimum atomic E-state index is -1.10. The number of hydrogen-bond acceptors (Lipinski definition) is 6. The van der Waals surface area contributed by atoms with Crippen LogP contribution in [-0.4, -0.2) is 58.1 Å². The van der Waals surface area contributed by atoms with Crippen molar-refractivity contribution >= 4 is 23.9 Å². The van der Waals surface area contributed by atoms with Crippen LogP contribution in [0.5, 0.6) is 0 Å². The van der Waals surface area contributed by atoms with E-state index in [1.165, 1.54) is 0 Å². The van der Waals surface area contributed by atoms with Gasteiger partial charge in [-0.05, 0) is 95.5 Å². The van der Waals surface area contributed by atoms with E-state index >= 15 is 0 Å². The van der Waals surface area contributed by atoms with Crippen molar-refractivity contribution in [3.8, 4) is 0 Å². The van der Waals surface area contributed by atoms with Crippen molar-refractivity contribution in [2.75, 3.05) is 0 Å². The Hall–Kier alpha value is -4.66. The molecule has 5 atom stereocenters. The minimum Gasteiger partial charge on any atom is -0.458 e. The van der Waals surface area contributed by atoms with E-state index in [0.29, 0.717) is 12.0 Å². The second-order valence-corrected chi connectivity index (χ2v) is 15.4. The summed E-state index contributed by atoms with van der Waals surface area (Å²) >= 11 is 0. The largest absolute Gasteiger partial charge is 0.458 e. The SMILES string of the molecule is Cc1ccc(C(C(=O)NC(Cc2ccccc2)C(=O)OC(C)(C)C)N(C(=O)C(Cc2ccccc2)NC(=O)OC(C)(C)C)C2CC2C)cc1C. The molecule has 0 aliphatic heterocycles. The molecule has 50 heavy (non-hydrogen) atoms. The van der Waals surface area contributed by atoms with E-state index < -0.39 is 53.2 Å². The number of ether oxygens (including phenoxy) is 2. The Balaban J connectivity index is 1.78. The smallest absolute Gasteiger partial charge is 0.408 e. The van der Waals surface area contributed by atoms with Gasteiger partial charge in [0.15, 0.2) is 0 Å². The number of alkyl carbamates (subject to hydrolysis) is 1. The topological polar surface area (TPSA) is 114 Å². The fraction of sp³-hybridized carbons (Fsp3) is 0.463. The molecule has 2 N–H and O–H groups in total. The summed E-state index contributed by atoms with van der Waals surface area (Å²) in [6.07, 6.45) is 0.346. The van der Waals surface area contributed by atoms with Gasteiger partial charge in [0.05, 0.1) is 0 Å². The predicted molar refractivity (Wildman–Crippen MR) is 194 cm³/mol. The van der Waals surface area contributed by atoms with Crippen LogP contribution in [-0.2, 0) is 36.7 Å². The van der Waals surface area contributed by atoms with Gasteiger partial charge in [-0.15, -0.1) is 0 Å². The third kappa shape index (κ3) is 10.9. The van der Waals surface area contributed by atoms with Gasteiger partial charge >= 0.3 is 12.1 Å². The van der Waals surface area contributed by atoms with Gasteiger partial charge < -0.3 is 25.0 Å². The molecule has 1 saturated carbocycles. The van der Waals surface area contributed by atoms with Crippen molar-refractivity contribution in [1.29, 1.82) is 0 Å². The first-order valence-corrected chi connectivity index (χ1v) is 17.4. The van der Waals surface area contributed by atoms with Gasteiger partial charge in [-0.3, -0.25) is 9.59 Å². The molecule has 1 fully saturated rings. The summed E-state index contributed by atoms with van der Waals surface area (Å²) < 4.78 is 11.3. The van der Waals surface area contributed by atoms with Crippen LogP contribution >= 0.6 is 0 Å². The van der Waals surface area contributed by atoms with Crippen LogP contribution in [0.25, 0.3) is 0 Å². The van der Waals surface area contributed by atoms with E-state index in [4.69, 9.17) is 9.47 Å². The lowest BCUT2D eigenvalue weighted by molar-refractivity contribution is -0.159. The molecule has 0 aromatic heterocycles. The molecule has 1 aliphatic carbocycles. The predicted octanol–water partition coefficient (Wildman–Crippen LogP) is 6.79. The summed E-state index contributed by atoms with van der Waals surface area (Å²) in [5.41, 5.74) is 2.72. The Morgan fingerprint density at radius 1 is 0.740 bits per heavy atom.